The fourth-order valence-electron chi connectivity index (χ4n) is 3.82. The first-order valence-corrected chi connectivity index (χ1v) is 12.2. The standard InChI is InChI=1S/C29H22FNO4S/c30-23-12-8-21(9-13-23)19-35-24-14-10-20(11-15-24)18-27-28(32)31(29(33)36-27)16-17-34-26-7-3-5-22-4-1-2-6-25(22)26/h1-15,18H,16-17,19H2/b27-18-. The molecule has 5 nitrogen and oxygen atoms in total. The molecule has 36 heavy (non-hydrogen) atoms. The zero-order valence-corrected chi connectivity index (χ0v) is 20.0. The molecule has 0 aliphatic carbocycles. The number of nitrogens with zero attached hydrogens (tertiary/aromatic N) is 1. The highest BCUT2D eigenvalue weighted by Crippen LogP contribution is 2.32. The van der Waals surface area contributed by atoms with Crippen LogP contribution in [0.15, 0.2) is 95.9 Å². The van der Waals surface area contributed by atoms with Gasteiger partial charge in [-0.25, -0.2) is 4.39 Å². The molecule has 0 atom stereocenters. The Morgan fingerprint density at radius 3 is 2.39 bits per heavy atom. The van der Waals surface area contributed by atoms with Crippen LogP contribution >= 0.6 is 11.8 Å². The lowest BCUT2D eigenvalue weighted by atomic mass is 10.1. The average molecular weight is 500 g/mol. The highest BCUT2D eigenvalue weighted by atomic mass is 32.2. The highest BCUT2D eigenvalue weighted by molar-refractivity contribution is 8.18. The number of carbonyl (C=O) groups is 2. The number of fused-ring (bicyclic) bond motifs is 1. The summed E-state index contributed by atoms with van der Waals surface area (Å²) in [6, 6.07) is 27.0. The van der Waals surface area contributed by atoms with Crippen LogP contribution in [-0.2, 0) is 11.4 Å². The Morgan fingerprint density at radius 1 is 0.833 bits per heavy atom. The minimum atomic E-state index is -0.330. The maximum absolute atomic E-state index is 13.0. The van der Waals surface area contributed by atoms with Gasteiger partial charge in [-0.05, 0) is 64.7 Å². The summed E-state index contributed by atoms with van der Waals surface area (Å²) in [5.41, 5.74) is 1.64. The van der Waals surface area contributed by atoms with Crippen molar-refractivity contribution in [2.75, 3.05) is 13.2 Å². The van der Waals surface area contributed by atoms with E-state index in [4.69, 9.17) is 9.47 Å². The second-order valence-corrected chi connectivity index (χ2v) is 9.14. The minimum absolute atomic E-state index is 0.168. The number of imide groups is 1. The number of rotatable bonds is 8. The Kier molecular flexibility index (Phi) is 7.00. The number of amides is 2. The molecule has 0 radical (unpaired) electrons. The van der Waals surface area contributed by atoms with Crippen LogP contribution in [0.1, 0.15) is 11.1 Å². The lowest BCUT2D eigenvalue weighted by molar-refractivity contribution is -0.123. The van der Waals surface area contributed by atoms with Crippen LogP contribution in [0.2, 0.25) is 0 Å². The largest absolute Gasteiger partial charge is 0.491 e. The Hall–Kier alpha value is -4.10. The molecule has 180 valence electrons. The SMILES string of the molecule is O=C1S/C(=C\c2ccc(OCc3ccc(F)cc3)cc2)C(=O)N1CCOc1cccc2ccccc12. The van der Waals surface area contributed by atoms with Crippen LogP contribution in [-0.4, -0.2) is 29.2 Å². The molecule has 1 heterocycles. The Bertz CT molecular complexity index is 1430. The minimum Gasteiger partial charge on any atom is -0.491 e. The van der Waals surface area contributed by atoms with Crippen molar-refractivity contribution in [2.45, 2.75) is 6.61 Å². The van der Waals surface area contributed by atoms with Gasteiger partial charge in [-0.3, -0.25) is 14.5 Å². The molecule has 1 aliphatic heterocycles. The molecule has 0 spiro atoms. The highest BCUT2D eigenvalue weighted by Gasteiger charge is 2.34. The van der Waals surface area contributed by atoms with E-state index in [9.17, 15) is 14.0 Å². The molecule has 1 fully saturated rings. The Morgan fingerprint density at radius 2 is 1.58 bits per heavy atom. The molecule has 0 N–H and O–H groups in total. The van der Waals surface area contributed by atoms with E-state index in [1.54, 1.807) is 30.3 Å². The van der Waals surface area contributed by atoms with E-state index in [1.165, 1.54) is 17.0 Å². The molecule has 4 aromatic rings. The van der Waals surface area contributed by atoms with E-state index < -0.39 is 0 Å². The van der Waals surface area contributed by atoms with Crippen LogP contribution in [0, 0.1) is 5.82 Å². The van der Waals surface area contributed by atoms with E-state index >= 15 is 0 Å². The number of ether oxygens (including phenoxy) is 2. The van der Waals surface area contributed by atoms with Gasteiger partial charge >= 0.3 is 0 Å². The number of halogens is 1. The zero-order valence-electron chi connectivity index (χ0n) is 19.2. The number of hydrogen-bond acceptors (Lipinski definition) is 5. The lowest BCUT2D eigenvalue weighted by Crippen LogP contribution is -2.32. The second-order valence-electron chi connectivity index (χ2n) is 8.14. The van der Waals surface area contributed by atoms with Crippen molar-refractivity contribution in [3.8, 4) is 11.5 Å². The molecule has 1 aliphatic rings. The summed E-state index contributed by atoms with van der Waals surface area (Å²) in [6.45, 7) is 0.695. The van der Waals surface area contributed by atoms with E-state index in [0.717, 1.165) is 39.4 Å². The molecule has 0 aromatic heterocycles. The Labute approximate surface area is 212 Å². The lowest BCUT2D eigenvalue weighted by Gasteiger charge is -2.14. The smallest absolute Gasteiger partial charge is 0.293 e. The van der Waals surface area contributed by atoms with Crippen molar-refractivity contribution >= 4 is 39.8 Å². The summed E-state index contributed by atoms with van der Waals surface area (Å²) in [4.78, 5) is 26.9. The summed E-state index contributed by atoms with van der Waals surface area (Å²) in [6.07, 6.45) is 1.69. The first-order chi connectivity index (χ1) is 17.6. The fourth-order valence-corrected chi connectivity index (χ4v) is 4.69. The van der Waals surface area contributed by atoms with Gasteiger partial charge in [-0.1, -0.05) is 60.7 Å². The monoisotopic (exact) mass is 499 g/mol. The Balaban J connectivity index is 1.17. The van der Waals surface area contributed by atoms with Crippen LogP contribution in [0.25, 0.3) is 16.8 Å². The van der Waals surface area contributed by atoms with E-state index in [2.05, 4.69) is 0 Å². The molecule has 4 aromatic carbocycles. The van der Waals surface area contributed by atoms with Crippen molar-refractivity contribution in [3.05, 3.63) is 113 Å². The summed E-state index contributed by atoms with van der Waals surface area (Å²) in [5.74, 6) is 0.750. The molecule has 0 bridgehead atoms. The van der Waals surface area contributed by atoms with Crippen LogP contribution < -0.4 is 9.47 Å². The van der Waals surface area contributed by atoms with Gasteiger partial charge in [0.05, 0.1) is 11.4 Å². The molecular weight excluding hydrogens is 477 g/mol. The van der Waals surface area contributed by atoms with Gasteiger partial charge in [0.1, 0.15) is 30.5 Å². The van der Waals surface area contributed by atoms with E-state index in [1.807, 2.05) is 54.6 Å². The van der Waals surface area contributed by atoms with Crippen LogP contribution in [0.5, 0.6) is 11.5 Å². The van der Waals surface area contributed by atoms with E-state index in [-0.39, 0.29) is 30.1 Å². The third-order valence-corrected chi connectivity index (χ3v) is 6.60. The average Bonchev–Trinajstić information content (AvgIpc) is 3.16. The van der Waals surface area contributed by atoms with Crippen LogP contribution in [0.4, 0.5) is 9.18 Å². The third-order valence-electron chi connectivity index (χ3n) is 5.69. The molecule has 0 saturated carbocycles. The van der Waals surface area contributed by atoms with Crippen molar-refractivity contribution in [3.63, 3.8) is 0 Å². The molecular formula is C29H22FNO4S. The second kappa shape index (κ2) is 10.7. The maximum atomic E-state index is 13.0. The summed E-state index contributed by atoms with van der Waals surface area (Å²) >= 11 is 0.919. The van der Waals surface area contributed by atoms with Crippen molar-refractivity contribution in [1.29, 1.82) is 0 Å². The summed E-state index contributed by atoms with van der Waals surface area (Å²) in [7, 11) is 0. The molecule has 1 saturated heterocycles. The zero-order chi connectivity index (χ0) is 24.9. The van der Waals surface area contributed by atoms with Crippen molar-refractivity contribution in [1.82, 2.24) is 4.90 Å². The number of benzene rings is 4. The van der Waals surface area contributed by atoms with Crippen molar-refractivity contribution < 1.29 is 23.5 Å². The number of thioether (sulfide) groups is 1. The maximum Gasteiger partial charge on any atom is 0.293 e. The van der Waals surface area contributed by atoms with Gasteiger partial charge in [0.15, 0.2) is 0 Å². The summed E-state index contributed by atoms with van der Waals surface area (Å²) in [5, 5.41) is 1.74. The van der Waals surface area contributed by atoms with Gasteiger partial charge in [-0.15, -0.1) is 0 Å². The summed E-state index contributed by atoms with van der Waals surface area (Å²) < 4.78 is 24.6. The normalized spacial score (nSPS) is 14.6. The first-order valence-electron chi connectivity index (χ1n) is 11.4. The van der Waals surface area contributed by atoms with Crippen molar-refractivity contribution in [2.24, 2.45) is 0 Å². The molecule has 2 amide bonds. The third kappa shape index (κ3) is 5.42. The van der Waals surface area contributed by atoms with Gasteiger partial charge in [0.25, 0.3) is 11.1 Å². The first kappa shape index (κ1) is 23.6. The van der Waals surface area contributed by atoms with E-state index in [0.29, 0.717) is 17.3 Å². The van der Waals surface area contributed by atoms with Gasteiger partial charge < -0.3 is 9.47 Å². The predicted molar refractivity (Wildman–Crippen MR) is 139 cm³/mol. The van der Waals surface area contributed by atoms with Crippen LogP contribution in [0.3, 0.4) is 0 Å². The number of hydrogen-bond donors (Lipinski definition) is 0. The molecule has 5 rings (SSSR count). The van der Waals surface area contributed by atoms with Gasteiger partial charge in [-0.2, -0.15) is 0 Å². The predicted octanol–water partition coefficient (Wildman–Crippen LogP) is 6.67. The quantitative estimate of drug-likeness (QED) is 0.253. The molecule has 0 unspecified atom stereocenters. The van der Waals surface area contributed by atoms with Gasteiger partial charge in [0, 0.05) is 5.39 Å². The fraction of sp³-hybridized carbons (Fsp3) is 0.103. The number of carbonyl (C=O) groups excluding carboxylic acids is 2. The van der Waals surface area contributed by atoms with Gasteiger partial charge in [0.2, 0.25) is 0 Å². The molecule has 7 heteroatoms. The topological polar surface area (TPSA) is 55.8 Å².